The minimum absolute atomic E-state index is 0.471. The molecule has 3 nitrogen and oxygen atoms in total. The van der Waals surface area contributed by atoms with E-state index in [0.29, 0.717) is 17.2 Å². The van der Waals surface area contributed by atoms with Gasteiger partial charge in [-0.05, 0) is 42.0 Å². The highest BCUT2D eigenvalue weighted by atomic mass is 32.1. The number of hydrogen-bond acceptors (Lipinski definition) is 4. The maximum Gasteiger partial charge on any atom is 0.192 e. The van der Waals surface area contributed by atoms with Crippen LogP contribution >= 0.6 is 11.3 Å². The number of benzene rings is 2. The van der Waals surface area contributed by atoms with Crippen LogP contribution in [0.3, 0.4) is 0 Å². The first-order valence-electron chi connectivity index (χ1n) is 9.32. The smallest absolute Gasteiger partial charge is 0.192 e. The SMILES string of the molecule is N#Cc1c(-c2ccccc2)csc1OCc1ccc(CNCC2CC2)cc1. The van der Waals surface area contributed by atoms with Crippen LogP contribution in [0.2, 0.25) is 0 Å². The summed E-state index contributed by atoms with van der Waals surface area (Å²) in [4.78, 5) is 0. The van der Waals surface area contributed by atoms with E-state index in [9.17, 15) is 5.26 Å². The summed E-state index contributed by atoms with van der Waals surface area (Å²) in [6.45, 7) is 2.52. The molecule has 1 aliphatic rings. The summed E-state index contributed by atoms with van der Waals surface area (Å²) in [5, 5.41) is 15.8. The molecule has 4 heteroatoms. The van der Waals surface area contributed by atoms with E-state index in [-0.39, 0.29) is 0 Å². The standard InChI is InChI=1S/C23H22N2OS/c24-12-21-22(20-4-2-1-3-5-20)16-27-23(21)26-15-19-10-8-18(9-11-19)14-25-13-17-6-7-17/h1-5,8-11,16-17,25H,6-7,13-15H2. The van der Waals surface area contributed by atoms with E-state index in [4.69, 9.17) is 4.74 Å². The van der Waals surface area contributed by atoms with Crippen molar-refractivity contribution in [3.8, 4) is 22.3 Å². The number of rotatable bonds is 8. The van der Waals surface area contributed by atoms with Gasteiger partial charge in [0.1, 0.15) is 18.2 Å². The van der Waals surface area contributed by atoms with Crippen molar-refractivity contribution < 1.29 is 4.74 Å². The first kappa shape index (κ1) is 17.8. The molecule has 0 unspecified atom stereocenters. The van der Waals surface area contributed by atoms with Crippen molar-refractivity contribution >= 4 is 11.3 Å². The summed E-state index contributed by atoms with van der Waals surface area (Å²) < 4.78 is 5.96. The number of thiophene rings is 1. The van der Waals surface area contributed by atoms with Crippen LogP contribution in [0, 0.1) is 17.2 Å². The molecule has 0 saturated heterocycles. The van der Waals surface area contributed by atoms with Gasteiger partial charge in [-0.2, -0.15) is 5.26 Å². The number of nitrogens with zero attached hydrogens (tertiary/aromatic N) is 1. The second-order valence-electron chi connectivity index (χ2n) is 6.97. The maximum atomic E-state index is 9.58. The molecular formula is C23H22N2OS. The third-order valence-electron chi connectivity index (χ3n) is 4.81. The Labute approximate surface area is 164 Å². The van der Waals surface area contributed by atoms with Crippen LogP contribution in [0.25, 0.3) is 11.1 Å². The van der Waals surface area contributed by atoms with Crippen molar-refractivity contribution in [2.75, 3.05) is 6.54 Å². The number of ether oxygens (including phenoxy) is 1. The van der Waals surface area contributed by atoms with Crippen molar-refractivity contribution in [3.05, 3.63) is 76.7 Å². The van der Waals surface area contributed by atoms with Crippen LogP contribution in [-0.2, 0) is 13.2 Å². The van der Waals surface area contributed by atoms with Crippen molar-refractivity contribution in [1.82, 2.24) is 5.32 Å². The molecule has 136 valence electrons. The van der Waals surface area contributed by atoms with Gasteiger partial charge in [0.15, 0.2) is 5.06 Å². The highest BCUT2D eigenvalue weighted by Gasteiger charge is 2.20. The van der Waals surface area contributed by atoms with Gasteiger partial charge in [0, 0.05) is 17.5 Å². The lowest BCUT2D eigenvalue weighted by Crippen LogP contribution is -2.16. The summed E-state index contributed by atoms with van der Waals surface area (Å²) in [7, 11) is 0. The predicted molar refractivity (Wildman–Crippen MR) is 110 cm³/mol. The molecule has 0 bridgehead atoms. The van der Waals surface area contributed by atoms with E-state index < -0.39 is 0 Å². The van der Waals surface area contributed by atoms with Gasteiger partial charge in [0.25, 0.3) is 0 Å². The molecule has 0 radical (unpaired) electrons. The Bertz CT molecular complexity index is 921. The van der Waals surface area contributed by atoms with Crippen LogP contribution in [-0.4, -0.2) is 6.54 Å². The molecule has 1 aromatic heterocycles. The van der Waals surface area contributed by atoms with E-state index in [1.807, 2.05) is 35.7 Å². The zero-order valence-corrected chi connectivity index (χ0v) is 16.0. The van der Waals surface area contributed by atoms with E-state index in [2.05, 4.69) is 35.7 Å². The van der Waals surface area contributed by atoms with Gasteiger partial charge in [0.2, 0.25) is 0 Å². The Balaban J connectivity index is 1.37. The minimum atomic E-state index is 0.471. The summed E-state index contributed by atoms with van der Waals surface area (Å²) in [5.74, 6) is 0.901. The van der Waals surface area contributed by atoms with Gasteiger partial charge < -0.3 is 10.1 Å². The minimum Gasteiger partial charge on any atom is -0.478 e. The first-order valence-corrected chi connectivity index (χ1v) is 10.2. The third-order valence-corrected chi connectivity index (χ3v) is 5.70. The van der Waals surface area contributed by atoms with Crippen LogP contribution < -0.4 is 10.1 Å². The molecule has 0 amide bonds. The fourth-order valence-electron chi connectivity index (χ4n) is 3.03. The summed E-state index contributed by atoms with van der Waals surface area (Å²) in [6, 6.07) is 20.8. The van der Waals surface area contributed by atoms with Gasteiger partial charge in [0.05, 0.1) is 0 Å². The van der Waals surface area contributed by atoms with Gasteiger partial charge in [-0.3, -0.25) is 0 Å². The Morgan fingerprint density at radius 1 is 1.04 bits per heavy atom. The molecule has 2 aromatic carbocycles. The normalized spacial score (nSPS) is 13.3. The lowest BCUT2D eigenvalue weighted by atomic mass is 10.1. The molecule has 1 heterocycles. The third kappa shape index (κ3) is 4.57. The average molecular weight is 375 g/mol. The van der Waals surface area contributed by atoms with Crippen LogP contribution in [0.15, 0.2) is 60.0 Å². The highest BCUT2D eigenvalue weighted by molar-refractivity contribution is 7.12. The van der Waals surface area contributed by atoms with E-state index in [1.165, 1.54) is 29.7 Å². The quantitative estimate of drug-likeness (QED) is 0.577. The Hall–Kier alpha value is -2.61. The van der Waals surface area contributed by atoms with Gasteiger partial charge in [-0.15, -0.1) is 11.3 Å². The van der Waals surface area contributed by atoms with Crippen molar-refractivity contribution in [3.63, 3.8) is 0 Å². The number of hydrogen-bond donors (Lipinski definition) is 1. The van der Waals surface area contributed by atoms with Crippen LogP contribution in [0.4, 0.5) is 0 Å². The number of nitrogens with one attached hydrogen (secondary N) is 1. The molecule has 1 fully saturated rings. The molecule has 4 rings (SSSR count). The van der Waals surface area contributed by atoms with Crippen molar-refractivity contribution in [2.45, 2.75) is 26.0 Å². The van der Waals surface area contributed by atoms with Crippen molar-refractivity contribution in [2.24, 2.45) is 5.92 Å². The summed E-state index contributed by atoms with van der Waals surface area (Å²) in [5.41, 5.74) is 5.00. The lowest BCUT2D eigenvalue weighted by molar-refractivity contribution is 0.315. The van der Waals surface area contributed by atoms with E-state index in [0.717, 1.165) is 35.7 Å². The Morgan fingerprint density at radius 3 is 2.48 bits per heavy atom. The highest BCUT2D eigenvalue weighted by Crippen LogP contribution is 2.37. The topological polar surface area (TPSA) is 45.0 Å². The Morgan fingerprint density at radius 2 is 1.78 bits per heavy atom. The summed E-state index contributed by atoms with van der Waals surface area (Å²) >= 11 is 1.48. The average Bonchev–Trinajstić information content (AvgIpc) is 3.45. The zero-order chi connectivity index (χ0) is 18.5. The summed E-state index contributed by atoms with van der Waals surface area (Å²) in [6.07, 6.45) is 2.76. The largest absolute Gasteiger partial charge is 0.478 e. The molecule has 3 aromatic rings. The van der Waals surface area contributed by atoms with Crippen LogP contribution in [0.5, 0.6) is 5.06 Å². The van der Waals surface area contributed by atoms with Crippen LogP contribution in [0.1, 0.15) is 29.5 Å². The molecule has 1 saturated carbocycles. The second-order valence-corrected chi connectivity index (χ2v) is 7.81. The molecular weight excluding hydrogens is 352 g/mol. The number of nitriles is 1. The molecule has 0 atom stereocenters. The molecule has 1 N–H and O–H groups in total. The lowest BCUT2D eigenvalue weighted by Gasteiger charge is -2.07. The molecule has 27 heavy (non-hydrogen) atoms. The molecule has 0 aliphatic heterocycles. The van der Waals surface area contributed by atoms with E-state index in [1.54, 1.807) is 0 Å². The van der Waals surface area contributed by atoms with Gasteiger partial charge in [-0.25, -0.2) is 0 Å². The zero-order valence-electron chi connectivity index (χ0n) is 15.2. The monoisotopic (exact) mass is 374 g/mol. The molecule has 1 aliphatic carbocycles. The predicted octanol–water partition coefficient (Wildman–Crippen LogP) is 5.37. The second kappa shape index (κ2) is 8.39. The first-order chi connectivity index (χ1) is 13.3. The van der Waals surface area contributed by atoms with Gasteiger partial charge >= 0.3 is 0 Å². The Kier molecular flexibility index (Phi) is 5.53. The van der Waals surface area contributed by atoms with E-state index >= 15 is 0 Å². The fraction of sp³-hybridized carbons (Fsp3) is 0.261. The van der Waals surface area contributed by atoms with Gasteiger partial charge in [-0.1, -0.05) is 54.6 Å². The fourth-order valence-corrected chi connectivity index (χ4v) is 3.91. The van der Waals surface area contributed by atoms with Crippen molar-refractivity contribution in [1.29, 1.82) is 5.26 Å². The molecule has 0 spiro atoms. The maximum absolute atomic E-state index is 9.58.